The van der Waals surface area contributed by atoms with Crippen LogP contribution in [0, 0.1) is 0 Å². The number of furan rings is 1. The standard InChI is InChI=1S/C17H20N4O3/c22-16(5-7-20-17(23)15-4-2-10-24-15)21-9-8-19-12-14(21)13-3-1-6-18-11-13/h1-4,6,10-11,14,19H,5,7-9,12H2,(H,20,23). The first-order valence-electron chi connectivity index (χ1n) is 7.97. The third-order valence-corrected chi connectivity index (χ3v) is 4.00. The molecule has 2 amide bonds. The van der Waals surface area contributed by atoms with Crippen LogP contribution in [0.2, 0.25) is 0 Å². The lowest BCUT2D eigenvalue weighted by molar-refractivity contribution is -0.134. The van der Waals surface area contributed by atoms with Crippen LogP contribution in [-0.2, 0) is 4.79 Å². The second-order valence-corrected chi connectivity index (χ2v) is 5.58. The van der Waals surface area contributed by atoms with Gasteiger partial charge in [0.2, 0.25) is 5.91 Å². The van der Waals surface area contributed by atoms with Crippen molar-refractivity contribution in [2.75, 3.05) is 26.2 Å². The highest BCUT2D eigenvalue weighted by Crippen LogP contribution is 2.21. The first-order chi connectivity index (χ1) is 11.8. The molecule has 1 aliphatic rings. The minimum Gasteiger partial charge on any atom is -0.459 e. The molecular formula is C17H20N4O3. The molecule has 0 aliphatic carbocycles. The number of amides is 2. The van der Waals surface area contributed by atoms with Crippen molar-refractivity contribution in [3.63, 3.8) is 0 Å². The summed E-state index contributed by atoms with van der Waals surface area (Å²) < 4.78 is 5.02. The highest BCUT2D eigenvalue weighted by atomic mass is 16.3. The Hall–Kier alpha value is -2.67. The molecule has 2 aromatic heterocycles. The Balaban J connectivity index is 1.55. The number of aromatic nitrogens is 1. The van der Waals surface area contributed by atoms with Gasteiger partial charge in [-0.25, -0.2) is 0 Å². The van der Waals surface area contributed by atoms with Gasteiger partial charge in [-0.1, -0.05) is 6.07 Å². The van der Waals surface area contributed by atoms with E-state index in [1.54, 1.807) is 24.5 Å². The third-order valence-electron chi connectivity index (χ3n) is 4.00. The molecule has 3 heterocycles. The summed E-state index contributed by atoms with van der Waals surface area (Å²) in [6.45, 7) is 2.39. The van der Waals surface area contributed by atoms with Crippen LogP contribution in [0.3, 0.4) is 0 Å². The van der Waals surface area contributed by atoms with Gasteiger partial charge in [0.15, 0.2) is 5.76 Å². The SMILES string of the molecule is O=C(NCCC(=O)N1CCNCC1c1cccnc1)c1ccco1. The van der Waals surface area contributed by atoms with E-state index in [2.05, 4.69) is 15.6 Å². The average Bonchev–Trinajstić information content (AvgIpc) is 3.17. The zero-order valence-corrected chi connectivity index (χ0v) is 13.3. The van der Waals surface area contributed by atoms with Crippen molar-refractivity contribution < 1.29 is 14.0 Å². The number of carbonyl (C=O) groups excluding carboxylic acids is 2. The van der Waals surface area contributed by atoms with Gasteiger partial charge in [0.25, 0.3) is 5.91 Å². The molecule has 24 heavy (non-hydrogen) atoms. The number of piperazine rings is 1. The summed E-state index contributed by atoms with van der Waals surface area (Å²) in [5, 5.41) is 6.01. The first kappa shape index (κ1) is 16.2. The summed E-state index contributed by atoms with van der Waals surface area (Å²) in [5.41, 5.74) is 1.01. The highest BCUT2D eigenvalue weighted by molar-refractivity contribution is 5.91. The van der Waals surface area contributed by atoms with Gasteiger partial charge < -0.3 is 20.0 Å². The van der Waals surface area contributed by atoms with Gasteiger partial charge in [0.1, 0.15) is 0 Å². The van der Waals surface area contributed by atoms with Crippen LogP contribution in [0.5, 0.6) is 0 Å². The second kappa shape index (κ2) is 7.74. The molecule has 7 nitrogen and oxygen atoms in total. The normalized spacial score (nSPS) is 17.5. The molecule has 0 saturated carbocycles. The van der Waals surface area contributed by atoms with Gasteiger partial charge in [0.05, 0.1) is 12.3 Å². The van der Waals surface area contributed by atoms with Crippen molar-refractivity contribution in [3.05, 3.63) is 54.2 Å². The van der Waals surface area contributed by atoms with E-state index in [4.69, 9.17) is 4.42 Å². The van der Waals surface area contributed by atoms with E-state index in [9.17, 15) is 9.59 Å². The van der Waals surface area contributed by atoms with E-state index in [-0.39, 0.29) is 36.6 Å². The van der Waals surface area contributed by atoms with Gasteiger partial charge in [-0.3, -0.25) is 14.6 Å². The van der Waals surface area contributed by atoms with E-state index in [0.717, 1.165) is 12.1 Å². The fourth-order valence-electron chi connectivity index (χ4n) is 2.80. The summed E-state index contributed by atoms with van der Waals surface area (Å²) in [6, 6.07) is 7.06. The largest absolute Gasteiger partial charge is 0.459 e. The predicted octanol–water partition coefficient (Wildman–Crippen LogP) is 0.968. The molecule has 0 bridgehead atoms. The molecule has 2 N–H and O–H groups in total. The first-order valence-corrected chi connectivity index (χ1v) is 7.97. The molecule has 2 aromatic rings. The molecule has 3 rings (SSSR count). The van der Waals surface area contributed by atoms with Crippen molar-refractivity contribution in [1.82, 2.24) is 20.5 Å². The minimum atomic E-state index is -0.308. The maximum Gasteiger partial charge on any atom is 0.286 e. The molecule has 0 spiro atoms. The van der Waals surface area contributed by atoms with Crippen LogP contribution in [0.4, 0.5) is 0 Å². The Morgan fingerprint density at radius 1 is 1.38 bits per heavy atom. The van der Waals surface area contributed by atoms with Gasteiger partial charge in [0, 0.05) is 45.0 Å². The lowest BCUT2D eigenvalue weighted by Crippen LogP contribution is -2.49. The number of nitrogens with one attached hydrogen (secondary N) is 2. The summed E-state index contributed by atoms with van der Waals surface area (Å²) in [4.78, 5) is 30.3. The van der Waals surface area contributed by atoms with Gasteiger partial charge >= 0.3 is 0 Å². The number of hydrogen-bond donors (Lipinski definition) is 2. The van der Waals surface area contributed by atoms with Crippen molar-refractivity contribution in [3.8, 4) is 0 Å². The number of carbonyl (C=O) groups is 2. The monoisotopic (exact) mass is 328 g/mol. The molecule has 1 fully saturated rings. The topological polar surface area (TPSA) is 87.5 Å². The molecular weight excluding hydrogens is 308 g/mol. The van der Waals surface area contributed by atoms with Gasteiger partial charge in [-0.05, 0) is 23.8 Å². The van der Waals surface area contributed by atoms with Crippen LogP contribution in [0.15, 0.2) is 47.3 Å². The van der Waals surface area contributed by atoms with E-state index < -0.39 is 0 Å². The molecule has 1 saturated heterocycles. The predicted molar refractivity (Wildman–Crippen MR) is 87.2 cm³/mol. The van der Waals surface area contributed by atoms with E-state index >= 15 is 0 Å². The fraction of sp³-hybridized carbons (Fsp3) is 0.353. The number of pyridine rings is 1. The van der Waals surface area contributed by atoms with E-state index in [1.807, 2.05) is 17.0 Å². The van der Waals surface area contributed by atoms with Crippen LogP contribution in [-0.4, -0.2) is 47.9 Å². The number of nitrogens with zero attached hydrogens (tertiary/aromatic N) is 2. The minimum absolute atomic E-state index is 0.0186. The lowest BCUT2D eigenvalue weighted by Gasteiger charge is -2.36. The maximum absolute atomic E-state index is 12.6. The van der Waals surface area contributed by atoms with Gasteiger partial charge in [-0.15, -0.1) is 0 Å². The quantitative estimate of drug-likeness (QED) is 0.854. The van der Waals surface area contributed by atoms with Gasteiger partial charge in [-0.2, -0.15) is 0 Å². The fourth-order valence-corrected chi connectivity index (χ4v) is 2.80. The van der Waals surface area contributed by atoms with E-state index in [1.165, 1.54) is 6.26 Å². The summed E-state index contributed by atoms with van der Waals surface area (Å²) in [7, 11) is 0. The van der Waals surface area contributed by atoms with Crippen molar-refractivity contribution in [1.29, 1.82) is 0 Å². The lowest BCUT2D eigenvalue weighted by atomic mass is 10.0. The summed E-state index contributed by atoms with van der Waals surface area (Å²) in [5.74, 6) is -0.0418. The molecule has 0 aromatic carbocycles. The molecule has 1 unspecified atom stereocenters. The molecule has 0 radical (unpaired) electrons. The van der Waals surface area contributed by atoms with Crippen LogP contribution in [0.1, 0.15) is 28.6 Å². The Morgan fingerprint density at radius 2 is 2.29 bits per heavy atom. The Labute approximate surface area is 140 Å². The smallest absolute Gasteiger partial charge is 0.286 e. The van der Waals surface area contributed by atoms with Crippen LogP contribution in [0.25, 0.3) is 0 Å². The Morgan fingerprint density at radius 3 is 3.04 bits per heavy atom. The van der Waals surface area contributed by atoms with Crippen molar-refractivity contribution >= 4 is 11.8 Å². The molecule has 1 aliphatic heterocycles. The van der Waals surface area contributed by atoms with Crippen molar-refractivity contribution in [2.24, 2.45) is 0 Å². The second-order valence-electron chi connectivity index (χ2n) is 5.58. The average molecular weight is 328 g/mol. The molecule has 1 atom stereocenters. The highest BCUT2D eigenvalue weighted by Gasteiger charge is 2.27. The zero-order valence-electron chi connectivity index (χ0n) is 13.3. The van der Waals surface area contributed by atoms with Crippen LogP contribution >= 0.6 is 0 Å². The molecule has 126 valence electrons. The Kier molecular flexibility index (Phi) is 5.22. The summed E-state index contributed by atoms with van der Waals surface area (Å²) in [6.07, 6.45) is 5.20. The third kappa shape index (κ3) is 3.80. The Bertz CT molecular complexity index is 672. The maximum atomic E-state index is 12.6. The summed E-state index contributed by atoms with van der Waals surface area (Å²) >= 11 is 0. The number of hydrogen-bond acceptors (Lipinski definition) is 5. The zero-order chi connectivity index (χ0) is 16.8. The van der Waals surface area contributed by atoms with Crippen LogP contribution < -0.4 is 10.6 Å². The van der Waals surface area contributed by atoms with E-state index in [0.29, 0.717) is 13.1 Å². The number of rotatable bonds is 5. The van der Waals surface area contributed by atoms with Crippen molar-refractivity contribution in [2.45, 2.75) is 12.5 Å². The molecule has 7 heteroatoms.